The smallest absolute Gasteiger partial charge is 0.235 e. The Morgan fingerprint density at radius 3 is 2.06 bits per heavy atom. The fourth-order valence-corrected chi connectivity index (χ4v) is 4.85. The fourth-order valence-electron chi connectivity index (χ4n) is 4.85. The van der Waals surface area contributed by atoms with Gasteiger partial charge >= 0.3 is 0 Å². The first-order valence-corrected chi connectivity index (χ1v) is 11.1. The van der Waals surface area contributed by atoms with Crippen LogP contribution in [0.4, 0.5) is 0 Å². The zero-order chi connectivity index (χ0) is 22.3. The summed E-state index contributed by atoms with van der Waals surface area (Å²) in [5, 5.41) is 0. The molecule has 164 valence electrons. The largest absolute Gasteiger partial charge is 0.497 e. The van der Waals surface area contributed by atoms with Crippen molar-refractivity contribution in [3.63, 3.8) is 0 Å². The van der Waals surface area contributed by atoms with Crippen LogP contribution >= 0.6 is 0 Å². The van der Waals surface area contributed by atoms with E-state index >= 15 is 0 Å². The van der Waals surface area contributed by atoms with Crippen molar-refractivity contribution in [2.75, 3.05) is 13.9 Å². The highest BCUT2D eigenvalue weighted by molar-refractivity contribution is 5.85. The topological polar surface area (TPSA) is 36.9 Å². The molecule has 4 nitrogen and oxygen atoms in total. The SMILES string of the molecule is COc1ccc(C23Cc4cc(-c5ccccc5)c(-c5ccccc5)cc4OC2OCO3)cc1. The van der Waals surface area contributed by atoms with E-state index in [9.17, 15) is 0 Å². The number of ether oxygens (including phenoxy) is 4. The molecule has 2 heterocycles. The van der Waals surface area contributed by atoms with E-state index in [1.807, 2.05) is 36.4 Å². The molecule has 4 aromatic carbocycles. The summed E-state index contributed by atoms with van der Waals surface area (Å²) in [4.78, 5) is 0. The standard InChI is InChI=1S/C29H24O4/c1-30-24-14-12-23(13-15-24)29-18-22-16-25(20-8-4-2-5-9-20)26(21-10-6-3-7-11-21)17-27(22)33-28(29)31-19-32-29/h2-17,28H,18-19H2,1H3. The molecule has 0 N–H and O–H groups in total. The molecule has 0 radical (unpaired) electrons. The molecule has 1 saturated heterocycles. The first-order valence-electron chi connectivity index (χ1n) is 11.1. The van der Waals surface area contributed by atoms with Crippen molar-refractivity contribution in [2.45, 2.75) is 18.3 Å². The highest BCUT2D eigenvalue weighted by atomic mass is 16.8. The Morgan fingerprint density at radius 1 is 0.788 bits per heavy atom. The lowest BCUT2D eigenvalue weighted by molar-refractivity contribution is -0.0989. The zero-order valence-electron chi connectivity index (χ0n) is 18.4. The number of hydrogen-bond donors (Lipinski definition) is 0. The normalized spacial score (nSPS) is 21.1. The molecule has 4 aromatic rings. The van der Waals surface area contributed by atoms with E-state index in [2.05, 4.69) is 60.7 Å². The summed E-state index contributed by atoms with van der Waals surface area (Å²) in [7, 11) is 1.67. The van der Waals surface area contributed by atoms with Crippen LogP contribution in [0.1, 0.15) is 11.1 Å². The third-order valence-electron chi connectivity index (χ3n) is 6.55. The van der Waals surface area contributed by atoms with E-state index in [-0.39, 0.29) is 6.79 Å². The number of hydrogen-bond acceptors (Lipinski definition) is 4. The number of fused-ring (bicyclic) bond motifs is 2. The Bertz CT molecular complexity index is 1270. The molecule has 0 saturated carbocycles. The zero-order valence-corrected chi connectivity index (χ0v) is 18.4. The van der Waals surface area contributed by atoms with Gasteiger partial charge in [-0.25, -0.2) is 0 Å². The van der Waals surface area contributed by atoms with Crippen molar-refractivity contribution >= 4 is 0 Å². The van der Waals surface area contributed by atoms with Gasteiger partial charge in [0.2, 0.25) is 6.29 Å². The first kappa shape index (κ1) is 20.0. The lowest BCUT2D eigenvalue weighted by Crippen LogP contribution is -2.45. The summed E-state index contributed by atoms with van der Waals surface area (Å²) in [5.74, 6) is 1.65. The van der Waals surface area contributed by atoms with Gasteiger partial charge in [-0.15, -0.1) is 0 Å². The molecular formula is C29H24O4. The minimum atomic E-state index is -0.693. The van der Waals surface area contributed by atoms with Crippen LogP contribution in [-0.2, 0) is 21.5 Å². The number of methoxy groups -OCH3 is 1. The summed E-state index contributed by atoms with van der Waals surface area (Å²) in [6.45, 7) is 0.196. The summed E-state index contributed by atoms with van der Waals surface area (Å²) in [5.41, 5.74) is 6.06. The average Bonchev–Trinajstić information content (AvgIpc) is 3.31. The molecule has 0 amide bonds. The summed E-state index contributed by atoms with van der Waals surface area (Å²) < 4.78 is 23.9. The highest BCUT2D eigenvalue weighted by Gasteiger charge is 2.52. The van der Waals surface area contributed by atoms with Crippen LogP contribution in [0.15, 0.2) is 97.1 Å². The molecule has 2 aliphatic rings. The second kappa shape index (κ2) is 8.07. The summed E-state index contributed by atoms with van der Waals surface area (Å²) in [6.07, 6.45) is 0.151. The number of rotatable bonds is 4. The van der Waals surface area contributed by atoms with Gasteiger partial charge < -0.3 is 18.9 Å². The molecule has 2 aliphatic heterocycles. The molecule has 0 bridgehead atoms. The van der Waals surface area contributed by atoms with Crippen molar-refractivity contribution in [3.8, 4) is 33.8 Å². The summed E-state index contributed by atoms with van der Waals surface area (Å²) in [6, 6.07) is 33.3. The predicted molar refractivity (Wildman–Crippen MR) is 127 cm³/mol. The van der Waals surface area contributed by atoms with E-state index in [1.165, 1.54) is 11.1 Å². The van der Waals surface area contributed by atoms with Crippen molar-refractivity contribution in [1.82, 2.24) is 0 Å². The Kier molecular flexibility index (Phi) is 4.90. The average molecular weight is 437 g/mol. The lowest BCUT2D eigenvalue weighted by Gasteiger charge is -2.38. The Labute approximate surface area is 193 Å². The second-order valence-corrected chi connectivity index (χ2v) is 8.41. The van der Waals surface area contributed by atoms with Crippen LogP contribution in [0.25, 0.3) is 22.3 Å². The lowest BCUT2D eigenvalue weighted by atomic mass is 9.82. The molecule has 2 unspecified atom stereocenters. The maximum atomic E-state index is 6.44. The van der Waals surface area contributed by atoms with E-state index in [0.717, 1.165) is 33.8 Å². The quantitative estimate of drug-likeness (QED) is 0.382. The van der Waals surface area contributed by atoms with Gasteiger partial charge in [-0.3, -0.25) is 0 Å². The summed E-state index contributed by atoms with van der Waals surface area (Å²) >= 11 is 0. The Balaban J connectivity index is 1.49. The van der Waals surface area contributed by atoms with Gasteiger partial charge in [-0.1, -0.05) is 72.8 Å². The van der Waals surface area contributed by atoms with Crippen LogP contribution in [-0.4, -0.2) is 20.2 Å². The van der Waals surface area contributed by atoms with Gasteiger partial charge in [-0.05, 0) is 57.6 Å². The monoisotopic (exact) mass is 436 g/mol. The van der Waals surface area contributed by atoms with E-state index < -0.39 is 11.9 Å². The van der Waals surface area contributed by atoms with Crippen LogP contribution in [0.5, 0.6) is 11.5 Å². The van der Waals surface area contributed by atoms with Crippen molar-refractivity contribution in [2.24, 2.45) is 0 Å². The third-order valence-corrected chi connectivity index (χ3v) is 6.55. The molecule has 2 atom stereocenters. The fraction of sp³-hybridized carbons (Fsp3) is 0.172. The van der Waals surface area contributed by atoms with Gasteiger partial charge in [0.15, 0.2) is 12.4 Å². The van der Waals surface area contributed by atoms with Crippen LogP contribution < -0.4 is 9.47 Å². The van der Waals surface area contributed by atoms with Crippen molar-refractivity contribution in [3.05, 3.63) is 108 Å². The van der Waals surface area contributed by atoms with Crippen molar-refractivity contribution in [1.29, 1.82) is 0 Å². The van der Waals surface area contributed by atoms with Gasteiger partial charge in [0.1, 0.15) is 11.5 Å². The molecule has 4 heteroatoms. The molecule has 0 aliphatic carbocycles. The van der Waals surface area contributed by atoms with Gasteiger partial charge in [-0.2, -0.15) is 0 Å². The Morgan fingerprint density at radius 2 is 1.42 bits per heavy atom. The highest BCUT2D eigenvalue weighted by Crippen LogP contribution is 2.48. The van der Waals surface area contributed by atoms with Gasteiger partial charge in [0.25, 0.3) is 0 Å². The van der Waals surface area contributed by atoms with Crippen LogP contribution in [0.2, 0.25) is 0 Å². The maximum absolute atomic E-state index is 6.44. The molecule has 1 fully saturated rings. The molecule has 6 rings (SSSR count). The molecule has 0 aromatic heterocycles. The van der Waals surface area contributed by atoms with Crippen LogP contribution in [0, 0.1) is 0 Å². The van der Waals surface area contributed by atoms with E-state index in [4.69, 9.17) is 18.9 Å². The maximum Gasteiger partial charge on any atom is 0.235 e. The van der Waals surface area contributed by atoms with Gasteiger partial charge in [0, 0.05) is 6.42 Å². The molecule has 33 heavy (non-hydrogen) atoms. The van der Waals surface area contributed by atoms with Gasteiger partial charge in [0.05, 0.1) is 7.11 Å². The first-order chi connectivity index (χ1) is 16.3. The molecule has 0 spiro atoms. The van der Waals surface area contributed by atoms with Crippen LogP contribution in [0.3, 0.4) is 0 Å². The predicted octanol–water partition coefficient (Wildman–Crippen LogP) is 6.19. The van der Waals surface area contributed by atoms with E-state index in [1.54, 1.807) is 7.11 Å². The number of benzene rings is 4. The van der Waals surface area contributed by atoms with E-state index in [0.29, 0.717) is 6.42 Å². The van der Waals surface area contributed by atoms with Crippen molar-refractivity contribution < 1.29 is 18.9 Å². The third kappa shape index (κ3) is 3.39. The minimum Gasteiger partial charge on any atom is -0.497 e. The Hall–Kier alpha value is -3.60. The molecular weight excluding hydrogens is 412 g/mol. The second-order valence-electron chi connectivity index (χ2n) is 8.41. The minimum absolute atomic E-state index is 0.196.